The second kappa shape index (κ2) is 8.48. The van der Waals surface area contributed by atoms with Crippen LogP contribution in [0, 0.1) is 0 Å². The molecule has 1 saturated heterocycles. The van der Waals surface area contributed by atoms with E-state index in [0.29, 0.717) is 18.2 Å². The molecule has 1 aliphatic rings. The number of pyridine rings is 2. The minimum absolute atomic E-state index is 0.0582. The molecule has 4 rings (SSSR count). The zero-order valence-electron chi connectivity index (χ0n) is 16.3. The molecule has 1 unspecified atom stereocenters. The van der Waals surface area contributed by atoms with Crippen LogP contribution in [0.1, 0.15) is 36.0 Å². The number of amides is 1. The van der Waals surface area contributed by atoms with Crippen molar-refractivity contribution >= 4 is 16.8 Å². The van der Waals surface area contributed by atoms with Gasteiger partial charge in [0, 0.05) is 35.9 Å². The Morgan fingerprint density at radius 2 is 2.07 bits per heavy atom. The second-order valence-electron chi connectivity index (χ2n) is 7.48. The number of carbonyl (C=O) groups is 1. The summed E-state index contributed by atoms with van der Waals surface area (Å²) in [5, 5.41) is 4.10. The van der Waals surface area contributed by atoms with E-state index in [9.17, 15) is 4.79 Å². The smallest absolute Gasteiger partial charge is 0.252 e. The molecular formula is C23H26N4O. The van der Waals surface area contributed by atoms with Crippen molar-refractivity contribution in [2.24, 2.45) is 0 Å². The lowest BCUT2D eigenvalue weighted by atomic mass is 10.0. The number of aromatic nitrogens is 2. The number of rotatable bonds is 5. The molecule has 1 N–H and O–H groups in total. The summed E-state index contributed by atoms with van der Waals surface area (Å²) < 4.78 is 0. The van der Waals surface area contributed by atoms with Crippen LogP contribution < -0.4 is 5.32 Å². The number of likely N-dealkylation sites (tertiary alicyclic amines) is 1. The molecule has 0 radical (unpaired) electrons. The predicted molar refractivity (Wildman–Crippen MR) is 112 cm³/mol. The molecule has 0 saturated carbocycles. The summed E-state index contributed by atoms with van der Waals surface area (Å²) in [5.41, 5.74) is 3.41. The van der Waals surface area contributed by atoms with E-state index >= 15 is 0 Å². The first-order valence-electron chi connectivity index (χ1n) is 10.0. The van der Waals surface area contributed by atoms with Crippen LogP contribution in [0.15, 0.2) is 54.9 Å². The minimum Gasteiger partial charge on any atom is -0.352 e. The summed E-state index contributed by atoms with van der Waals surface area (Å²) in [6.07, 6.45) is 8.24. The van der Waals surface area contributed by atoms with E-state index < -0.39 is 0 Å². The number of hydrogen-bond donors (Lipinski definition) is 1. The Hall–Kier alpha value is -2.79. The number of nitrogens with one attached hydrogen (secondary N) is 1. The van der Waals surface area contributed by atoms with Gasteiger partial charge in [0.15, 0.2) is 0 Å². The van der Waals surface area contributed by atoms with Gasteiger partial charge in [0.25, 0.3) is 5.91 Å². The highest BCUT2D eigenvalue weighted by molar-refractivity contribution is 5.96. The molecule has 1 amide bonds. The Morgan fingerprint density at radius 3 is 2.89 bits per heavy atom. The van der Waals surface area contributed by atoms with Gasteiger partial charge in [0.2, 0.25) is 0 Å². The zero-order valence-corrected chi connectivity index (χ0v) is 16.3. The van der Waals surface area contributed by atoms with Crippen LogP contribution in [0.4, 0.5) is 0 Å². The SMILES string of the molecule is CN1CCCCC1CCNC(=O)c1ccc(-c2cccc3ncccc23)nc1. The van der Waals surface area contributed by atoms with Gasteiger partial charge in [-0.2, -0.15) is 0 Å². The van der Waals surface area contributed by atoms with Crippen molar-refractivity contribution in [3.05, 3.63) is 60.4 Å². The Labute approximate surface area is 165 Å². The summed E-state index contributed by atoms with van der Waals surface area (Å²) in [5.74, 6) is -0.0582. The van der Waals surface area contributed by atoms with Crippen LogP contribution in [0.25, 0.3) is 22.2 Å². The van der Waals surface area contributed by atoms with Crippen LogP contribution in [-0.4, -0.2) is 47.0 Å². The molecule has 28 heavy (non-hydrogen) atoms. The van der Waals surface area contributed by atoms with Gasteiger partial charge >= 0.3 is 0 Å². The molecule has 2 aromatic heterocycles. The minimum atomic E-state index is -0.0582. The first kappa shape index (κ1) is 18.6. The van der Waals surface area contributed by atoms with Crippen molar-refractivity contribution in [2.75, 3.05) is 20.1 Å². The second-order valence-corrected chi connectivity index (χ2v) is 7.48. The molecule has 0 aliphatic carbocycles. The van der Waals surface area contributed by atoms with Gasteiger partial charge in [-0.1, -0.05) is 24.6 Å². The number of hydrogen-bond acceptors (Lipinski definition) is 4. The lowest BCUT2D eigenvalue weighted by Gasteiger charge is -2.32. The Bertz CT molecular complexity index is 949. The maximum atomic E-state index is 12.5. The largest absolute Gasteiger partial charge is 0.352 e. The molecule has 3 aromatic rings. The zero-order chi connectivity index (χ0) is 19.3. The fraction of sp³-hybridized carbons (Fsp3) is 0.348. The molecule has 5 nitrogen and oxygen atoms in total. The first-order valence-corrected chi connectivity index (χ1v) is 10.0. The molecule has 1 fully saturated rings. The van der Waals surface area contributed by atoms with Crippen molar-refractivity contribution in [2.45, 2.75) is 31.7 Å². The Morgan fingerprint density at radius 1 is 1.14 bits per heavy atom. The quantitative estimate of drug-likeness (QED) is 0.736. The van der Waals surface area contributed by atoms with Gasteiger partial charge in [-0.15, -0.1) is 0 Å². The van der Waals surface area contributed by atoms with Gasteiger partial charge in [-0.05, 0) is 57.1 Å². The van der Waals surface area contributed by atoms with Gasteiger partial charge in [-0.25, -0.2) is 0 Å². The Kier molecular flexibility index (Phi) is 5.63. The van der Waals surface area contributed by atoms with E-state index in [1.807, 2.05) is 42.5 Å². The first-order chi connectivity index (χ1) is 13.7. The monoisotopic (exact) mass is 374 g/mol. The molecule has 1 atom stereocenters. The van der Waals surface area contributed by atoms with Crippen LogP contribution in [0.5, 0.6) is 0 Å². The van der Waals surface area contributed by atoms with E-state index in [1.54, 1.807) is 12.4 Å². The van der Waals surface area contributed by atoms with E-state index in [-0.39, 0.29) is 5.91 Å². The van der Waals surface area contributed by atoms with Crippen LogP contribution in [0.3, 0.4) is 0 Å². The van der Waals surface area contributed by atoms with E-state index in [2.05, 4.69) is 27.2 Å². The van der Waals surface area contributed by atoms with Crippen molar-refractivity contribution in [3.63, 3.8) is 0 Å². The topological polar surface area (TPSA) is 58.1 Å². The van der Waals surface area contributed by atoms with Crippen molar-refractivity contribution in [3.8, 4) is 11.3 Å². The lowest BCUT2D eigenvalue weighted by molar-refractivity contribution is 0.0945. The molecule has 3 heterocycles. The van der Waals surface area contributed by atoms with Gasteiger partial charge in [0.05, 0.1) is 16.8 Å². The van der Waals surface area contributed by atoms with Gasteiger partial charge in [0.1, 0.15) is 0 Å². The third-order valence-corrected chi connectivity index (χ3v) is 5.63. The molecular weight excluding hydrogens is 348 g/mol. The number of fused-ring (bicyclic) bond motifs is 1. The number of nitrogens with zero attached hydrogens (tertiary/aromatic N) is 3. The highest BCUT2D eigenvalue weighted by atomic mass is 16.1. The van der Waals surface area contributed by atoms with E-state index in [0.717, 1.165) is 35.1 Å². The van der Waals surface area contributed by atoms with Crippen LogP contribution in [0.2, 0.25) is 0 Å². The third-order valence-electron chi connectivity index (χ3n) is 5.63. The highest BCUT2D eigenvalue weighted by Crippen LogP contribution is 2.26. The third kappa shape index (κ3) is 4.04. The average molecular weight is 374 g/mol. The van der Waals surface area contributed by atoms with E-state index in [4.69, 9.17) is 0 Å². The fourth-order valence-electron chi connectivity index (χ4n) is 3.98. The molecule has 144 valence electrons. The maximum absolute atomic E-state index is 12.5. The normalized spacial score (nSPS) is 17.5. The number of benzene rings is 1. The summed E-state index contributed by atoms with van der Waals surface area (Å²) >= 11 is 0. The van der Waals surface area contributed by atoms with Crippen LogP contribution in [-0.2, 0) is 0 Å². The van der Waals surface area contributed by atoms with E-state index in [1.165, 1.54) is 19.3 Å². The summed E-state index contributed by atoms with van der Waals surface area (Å²) in [4.78, 5) is 23.8. The maximum Gasteiger partial charge on any atom is 0.252 e. The molecule has 1 aromatic carbocycles. The number of piperidine rings is 1. The van der Waals surface area contributed by atoms with Crippen molar-refractivity contribution < 1.29 is 4.79 Å². The summed E-state index contributed by atoms with van der Waals surface area (Å²) in [7, 11) is 2.18. The lowest BCUT2D eigenvalue weighted by Crippen LogP contribution is -2.39. The fourth-order valence-corrected chi connectivity index (χ4v) is 3.98. The average Bonchev–Trinajstić information content (AvgIpc) is 2.75. The molecule has 0 bridgehead atoms. The number of carbonyl (C=O) groups excluding carboxylic acids is 1. The van der Waals surface area contributed by atoms with Crippen molar-refractivity contribution in [1.29, 1.82) is 0 Å². The summed E-state index contributed by atoms with van der Waals surface area (Å²) in [6.45, 7) is 1.86. The molecule has 5 heteroatoms. The van der Waals surface area contributed by atoms with Gasteiger partial charge < -0.3 is 10.2 Å². The van der Waals surface area contributed by atoms with Crippen LogP contribution >= 0.6 is 0 Å². The van der Waals surface area contributed by atoms with Gasteiger partial charge in [-0.3, -0.25) is 14.8 Å². The predicted octanol–water partition coefficient (Wildman–Crippen LogP) is 3.90. The molecule has 0 spiro atoms. The van der Waals surface area contributed by atoms with Crippen molar-refractivity contribution in [1.82, 2.24) is 20.2 Å². The standard InChI is InChI=1S/C23H26N4O/c1-27-15-3-2-6-18(27)12-14-25-23(28)17-10-11-22(26-16-17)19-7-4-9-21-20(19)8-5-13-24-21/h4-5,7-11,13,16,18H,2-3,6,12,14-15H2,1H3,(H,25,28). The summed E-state index contributed by atoms with van der Waals surface area (Å²) in [6, 6.07) is 14.3. The Balaban J connectivity index is 1.40. The highest BCUT2D eigenvalue weighted by Gasteiger charge is 2.18. The molecule has 1 aliphatic heterocycles.